The lowest BCUT2D eigenvalue weighted by Gasteiger charge is -2.35. The number of guanidine groups is 1. The van der Waals surface area contributed by atoms with Crippen molar-refractivity contribution in [2.24, 2.45) is 4.99 Å². The van der Waals surface area contributed by atoms with Crippen LogP contribution in [-0.4, -0.2) is 93.3 Å². The van der Waals surface area contributed by atoms with Crippen LogP contribution in [0.2, 0.25) is 0 Å². The molecule has 26 heavy (non-hydrogen) atoms. The molecule has 1 aliphatic rings. The van der Waals surface area contributed by atoms with Gasteiger partial charge in [-0.1, -0.05) is 19.3 Å². The van der Waals surface area contributed by atoms with Gasteiger partial charge in [0.05, 0.1) is 6.61 Å². The van der Waals surface area contributed by atoms with Crippen LogP contribution in [0.3, 0.4) is 0 Å². The summed E-state index contributed by atoms with van der Waals surface area (Å²) in [6.07, 6.45) is 6.05. The van der Waals surface area contributed by atoms with Gasteiger partial charge in [-0.2, -0.15) is 0 Å². The largest absolute Gasteiger partial charge is 0.450 e. The van der Waals surface area contributed by atoms with Gasteiger partial charge in [-0.3, -0.25) is 4.99 Å². The van der Waals surface area contributed by atoms with Crippen LogP contribution in [0.25, 0.3) is 0 Å². The summed E-state index contributed by atoms with van der Waals surface area (Å²) in [5.74, 6) is 0.976. The maximum absolute atomic E-state index is 11.8. The normalized spacial score (nSPS) is 15.5. The lowest BCUT2D eigenvalue weighted by Crippen LogP contribution is -2.53. The molecule has 152 valence electrons. The van der Waals surface area contributed by atoms with E-state index < -0.39 is 0 Å². The fourth-order valence-corrected chi connectivity index (χ4v) is 3.00. The fourth-order valence-electron chi connectivity index (χ4n) is 3.00. The molecule has 1 N–H and O–H groups in total. The van der Waals surface area contributed by atoms with Gasteiger partial charge in [0, 0.05) is 39.3 Å². The van der Waals surface area contributed by atoms with Crippen molar-refractivity contribution < 1.29 is 9.53 Å². The number of nitrogens with zero attached hydrogens (tertiary/aromatic N) is 4. The Labute approximate surface area is 159 Å². The third-order valence-electron chi connectivity index (χ3n) is 4.47. The van der Waals surface area contributed by atoms with E-state index in [-0.39, 0.29) is 6.09 Å². The van der Waals surface area contributed by atoms with E-state index in [4.69, 9.17) is 9.73 Å². The van der Waals surface area contributed by atoms with Crippen LogP contribution >= 0.6 is 0 Å². The first-order valence-electron chi connectivity index (χ1n) is 10.2. The molecule has 1 heterocycles. The summed E-state index contributed by atoms with van der Waals surface area (Å²) in [4.78, 5) is 22.8. The molecule has 0 atom stereocenters. The van der Waals surface area contributed by atoms with Crippen LogP contribution in [0.15, 0.2) is 4.99 Å². The Hall–Kier alpha value is -1.50. The van der Waals surface area contributed by atoms with E-state index in [1.54, 1.807) is 4.90 Å². The minimum Gasteiger partial charge on any atom is -0.450 e. The van der Waals surface area contributed by atoms with Gasteiger partial charge in [0.2, 0.25) is 0 Å². The van der Waals surface area contributed by atoms with Crippen molar-refractivity contribution in [1.29, 1.82) is 0 Å². The highest BCUT2D eigenvalue weighted by Gasteiger charge is 2.23. The zero-order valence-corrected chi connectivity index (χ0v) is 17.3. The fraction of sp³-hybridized carbons (Fsp3) is 0.895. The summed E-state index contributed by atoms with van der Waals surface area (Å²) in [6.45, 7) is 10.3. The van der Waals surface area contributed by atoms with Gasteiger partial charge in [-0.05, 0) is 47.3 Å². The summed E-state index contributed by atoms with van der Waals surface area (Å²) in [7, 11) is 4.26. The Bertz CT molecular complexity index is 407. The van der Waals surface area contributed by atoms with Gasteiger partial charge in [0.15, 0.2) is 5.96 Å². The first-order chi connectivity index (χ1) is 12.6. The van der Waals surface area contributed by atoms with Gasteiger partial charge in [0.1, 0.15) is 0 Å². The van der Waals surface area contributed by atoms with E-state index in [2.05, 4.69) is 36.1 Å². The van der Waals surface area contributed by atoms with Crippen molar-refractivity contribution in [2.45, 2.75) is 46.0 Å². The summed E-state index contributed by atoms with van der Waals surface area (Å²) in [6, 6.07) is 0. The maximum Gasteiger partial charge on any atom is 0.409 e. The van der Waals surface area contributed by atoms with Crippen LogP contribution in [0, 0.1) is 0 Å². The van der Waals surface area contributed by atoms with Crippen LogP contribution in [0.4, 0.5) is 4.79 Å². The Kier molecular flexibility index (Phi) is 11.9. The highest BCUT2D eigenvalue weighted by Crippen LogP contribution is 2.06. The number of piperazine rings is 1. The molecule has 0 spiro atoms. The highest BCUT2D eigenvalue weighted by atomic mass is 16.6. The van der Waals surface area contributed by atoms with Crippen molar-refractivity contribution in [3.05, 3.63) is 0 Å². The topological polar surface area (TPSA) is 60.4 Å². The van der Waals surface area contributed by atoms with Crippen LogP contribution < -0.4 is 5.32 Å². The smallest absolute Gasteiger partial charge is 0.409 e. The van der Waals surface area contributed by atoms with Gasteiger partial charge in [0.25, 0.3) is 0 Å². The average Bonchev–Trinajstić information content (AvgIpc) is 2.63. The molecular weight excluding hydrogens is 330 g/mol. The maximum atomic E-state index is 11.8. The van der Waals surface area contributed by atoms with Gasteiger partial charge in [-0.25, -0.2) is 4.79 Å². The van der Waals surface area contributed by atoms with E-state index in [1.807, 2.05) is 6.92 Å². The van der Waals surface area contributed by atoms with Gasteiger partial charge in [-0.15, -0.1) is 0 Å². The lowest BCUT2D eigenvalue weighted by molar-refractivity contribution is 0.0914. The van der Waals surface area contributed by atoms with Gasteiger partial charge < -0.3 is 24.8 Å². The lowest BCUT2D eigenvalue weighted by atomic mass is 10.1. The number of hydrogen-bond donors (Lipinski definition) is 1. The molecule has 0 bridgehead atoms. The van der Waals surface area contributed by atoms with E-state index >= 15 is 0 Å². The van der Waals surface area contributed by atoms with Crippen LogP contribution in [0.1, 0.15) is 46.0 Å². The first kappa shape index (κ1) is 22.5. The van der Waals surface area contributed by atoms with Crippen LogP contribution in [-0.2, 0) is 4.74 Å². The molecule has 1 saturated heterocycles. The Morgan fingerprint density at radius 2 is 1.62 bits per heavy atom. The van der Waals surface area contributed by atoms with Crippen LogP contribution in [0.5, 0.6) is 0 Å². The summed E-state index contributed by atoms with van der Waals surface area (Å²) in [5, 5.41) is 3.38. The van der Waals surface area contributed by atoms with E-state index in [0.29, 0.717) is 19.7 Å². The molecule has 0 aromatic heterocycles. The third-order valence-corrected chi connectivity index (χ3v) is 4.47. The quantitative estimate of drug-likeness (QED) is 0.364. The van der Waals surface area contributed by atoms with Crippen molar-refractivity contribution in [3.63, 3.8) is 0 Å². The second-order valence-electron chi connectivity index (χ2n) is 6.98. The van der Waals surface area contributed by atoms with E-state index in [9.17, 15) is 4.79 Å². The predicted molar refractivity (Wildman–Crippen MR) is 108 cm³/mol. The second-order valence-corrected chi connectivity index (χ2v) is 6.98. The molecule has 0 unspecified atom stereocenters. The molecule has 1 amide bonds. The zero-order valence-electron chi connectivity index (χ0n) is 17.3. The number of amides is 1. The minimum atomic E-state index is -0.205. The average molecular weight is 370 g/mol. The number of nitrogens with one attached hydrogen (secondary N) is 1. The molecule has 0 aromatic carbocycles. The molecule has 1 fully saturated rings. The summed E-state index contributed by atoms with van der Waals surface area (Å²) >= 11 is 0. The summed E-state index contributed by atoms with van der Waals surface area (Å²) < 4.78 is 5.08. The number of hydrogen-bond acceptors (Lipinski definition) is 4. The van der Waals surface area contributed by atoms with Crippen molar-refractivity contribution in [3.8, 4) is 0 Å². The Morgan fingerprint density at radius 3 is 2.23 bits per heavy atom. The van der Waals surface area contributed by atoms with Crippen molar-refractivity contribution >= 4 is 12.1 Å². The minimum absolute atomic E-state index is 0.205. The molecular formula is C19H39N5O2. The van der Waals surface area contributed by atoms with Crippen molar-refractivity contribution in [2.75, 3.05) is 66.5 Å². The molecule has 1 aliphatic heterocycles. The number of ether oxygens (including phenoxy) is 1. The standard InChI is InChI=1S/C19H39N5O2/c1-5-20-18(21-12-10-8-7-9-11-13-22(3)4)23-14-16-24(17-15-23)19(25)26-6-2/h5-17H2,1-4H3,(H,20,21). The summed E-state index contributed by atoms with van der Waals surface area (Å²) in [5.41, 5.74) is 0. The van der Waals surface area contributed by atoms with Gasteiger partial charge >= 0.3 is 6.09 Å². The molecule has 1 rings (SSSR count). The number of carbonyl (C=O) groups excluding carboxylic acids is 1. The molecule has 0 radical (unpaired) electrons. The van der Waals surface area contributed by atoms with Crippen molar-refractivity contribution in [1.82, 2.24) is 20.0 Å². The molecule has 7 nitrogen and oxygen atoms in total. The zero-order chi connectivity index (χ0) is 19.2. The SMILES string of the molecule is CCNC(=NCCCCCCCN(C)C)N1CCN(C(=O)OCC)CC1. The predicted octanol–water partition coefficient (Wildman–Crippen LogP) is 2.24. The Balaban J connectivity index is 2.28. The number of rotatable bonds is 10. The molecule has 7 heteroatoms. The first-order valence-corrected chi connectivity index (χ1v) is 10.2. The van der Waals surface area contributed by atoms with E-state index in [0.717, 1.165) is 38.6 Å². The van der Waals surface area contributed by atoms with E-state index in [1.165, 1.54) is 32.2 Å². The number of unbranched alkanes of at least 4 members (excludes halogenated alkanes) is 4. The molecule has 0 saturated carbocycles. The number of aliphatic imine (C=N–C) groups is 1. The monoisotopic (exact) mass is 369 g/mol. The molecule has 0 aliphatic carbocycles. The second kappa shape index (κ2) is 13.7. The molecule has 0 aromatic rings. The third kappa shape index (κ3) is 9.27. The Morgan fingerprint density at radius 1 is 1.00 bits per heavy atom. The highest BCUT2D eigenvalue weighted by molar-refractivity contribution is 5.80. The number of carbonyl (C=O) groups is 1.